The lowest BCUT2D eigenvalue weighted by Crippen LogP contribution is -2.30. The van der Waals surface area contributed by atoms with Crippen LogP contribution in [0, 0.1) is 23.7 Å². The van der Waals surface area contributed by atoms with Crippen LogP contribution in [0.1, 0.15) is 299 Å². The minimum absolute atomic E-state index is 0.101. The lowest BCUT2D eigenvalue weighted by Gasteiger charge is -2.21. The van der Waals surface area contributed by atoms with Crippen LogP contribution in [0.2, 0.25) is 0 Å². The second-order valence-electron chi connectivity index (χ2n) is 24.2. The summed E-state index contributed by atoms with van der Waals surface area (Å²) < 4.78 is 67.9. The van der Waals surface area contributed by atoms with E-state index in [0.29, 0.717) is 31.6 Å². The van der Waals surface area contributed by atoms with Gasteiger partial charge in [-0.25, -0.2) is 9.13 Å². The minimum atomic E-state index is -4.94. The molecule has 5 unspecified atom stereocenters. The van der Waals surface area contributed by atoms with Crippen molar-refractivity contribution in [3.63, 3.8) is 0 Å². The highest BCUT2D eigenvalue weighted by atomic mass is 31.2. The number of esters is 4. The van der Waals surface area contributed by atoms with Gasteiger partial charge in [-0.2, -0.15) is 0 Å². The molecule has 0 aromatic carbocycles. The SMILES string of the molecule is CCC(C)CCCCCCCCCCC(=O)OC[C@H](COP(=O)(O)OCC(O)COP(=O)(O)OC[C@@H](COC(=O)CCCCCCCCCCC(C)C)OC(=O)CCCCCCCCC(C)CC)OC(=O)CCCCCCCCC(C)C. The second-order valence-corrected chi connectivity index (χ2v) is 27.1. The van der Waals surface area contributed by atoms with Crippen LogP contribution >= 0.6 is 15.6 Å². The Kier molecular flexibility index (Phi) is 52.0. The van der Waals surface area contributed by atoms with Gasteiger partial charge in [0.15, 0.2) is 12.2 Å². The molecule has 0 amide bonds. The highest BCUT2D eigenvalue weighted by Crippen LogP contribution is 2.45. The van der Waals surface area contributed by atoms with E-state index in [-0.39, 0.29) is 25.7 Å². The number of aliphatic hydroxyl groups excluding tert-OH is 1. The van der Waals surface area contributed by atoms with E-state index in [1.165, 1.54) is 103 Å². The highest BCUT2D eigenvalue weighted by Gasteiger charge is 2.30. The summed E-state index contributed by atoms with van der Waals surface area (Å²) in [5, 5.41) is 10.5. The van der Waals surface area contributed by atoms with E-state index in [1.807, 2.05) is 0 Å². The third-order valence-electron chi connectivity index (χ3n) is 15.0. The first-order valence-corrected chi connectivity index (χ1v) is 35.8. The van der Waals surface area contributed by atoms with Crippen molar-refractivity contribution >= 4 is 39.5 Å². The molecule has 0 rings (SSSR count). The summed E-state index contributed by atoms with van der Waals surface area (Å²) >= 11 is 0. The molecular formula is C63H122O17P2. The van der Waals surface area contributed by atoms with E-state index >= 15 is 0 Å². The molecule has 0 aromatic rings. The standard InChI is InChI=1S/C63H122O17P2/c1-9-55(7)41-33-25-16-12-14-18-28-36-44-61(66)74-49-58(79-62(67)45-37-29-21-19-24-32-40-54(5)6)51-77-81(69,70)75-47-57(64)48-76-82(71,72)78-52-59(80-63(68)46-38-30-22-20-26-34-42-56(8)10-2)50-73-60(65)43-35-27-17-13-11-15-23-31-39-53(3)4/h53-59,64H,9-52H2,1-8H3,(H,69,70)(H,71,72)/t55?,56?,57?,58-,59-/m1/s1. The Labute approximate surface area is 498 Å². The van der Waals surface area contributed by atoms with Gasteiger partial charge in [-0.3, -0.25) is 37.3 Å². The largest absolute Gasteiger partial charge is 0.472 e. The molecule has 17 nitrogen and oxygen atoms in total. The van der Waals surface area contributed by atoms with E-state index in [2.05, 4.69) is 55.4 Å². The summed E-state index contributed by atoms with van der Waals surface area (Å²) in [5.41, 5.74) is 0. The number of ether oxygens (including phenoxy) is 4. The summed E-state index contributed by atoms with van der Waals surface area (Å²) in [7, 11) is -9.89. The maximum absolute atomic E-state index is 12.9. The number of carbonyl (C=O) groups excluding carboxylic acids is 4. The monoisotopic (exact) mass is 1210 g/mol. The van der Waals surface area contributed by atoms with Crippen molar-refractivity contribution in [1.29, 1.82) is 0 Å². The van der Waals surface area contributed by atoms with Crippen LogP contribution in [0.25, 0.3) is 0 Å². The molecule has 0 saturated carbocycles. The molecular weight excluding hydrogens is 1090 g/mol. The van der Waals surface area contributed by atoms with Gasteiger partial charge in [0.2, 0.25) is 0 Å². The van der Waals surface area contributed by atoms with Crippen LogP contribution in [0.15, 0.2) is 0 Å². The van der Waals surface area contributed by atoms with Gasteiger partial charge in [0.05, 0.1) is 26.4 Å². The Morgan fingerprint density at radius 1 is 0.341 bits per heavy atom. The molecule has 0 heterocycles. The lowest BCUT2D eigenvalue weighted by molar-refractivity contribution is -0.161. The number of hydrogen-bond acceptors (Lipinski definition) is 15. The fourth-order valence-corrected chi connectivity index (χ4v) is 10.8. The summed E-state index contributed by atoms with van der Waals surface area (Å²) in [6.07, 6.45) is 32.3. The molecule has 0 radical (unpaired) electrons. The van der Waals surface area contributed by atoms with E-state index in [4.69, 9.17) is 37.0 Å². The second kappa shape index (κ2) is 53.3. The van der Waals surface area contributed by atoms with E-state index in [1.54, 1.807) is 0 Å². The van der Waals surface area contributed by atoms with Gasteiger partial charge >= 0.3 is 39.5 Å². The van der Waals surface area contributed by atoms with Gasteiger partial charge in [-0.15, -0.1) is 0 Å². The smallest absolute Gasteiger partial charge is 0.462 e. The van der Waals surface area contributed by atoms with Gasteiger partial charge in [0, 0.05) is 25.7 Å². The van der Waals surface area contributed by atoms with Crippen molar-refractivity contribution in [2.24, 2.45) is 23.7 Å². The number of aliphatic hydroxyl groups is 1. The number of rotatable bonds is 60. The molecule has 0 fully saturated rings. The van der Waals surface area contributed by atoms with Crippen molar-refractivity contribution < 1.29 is 80.2 Å². The third-order valence-corrected chi connectivity index (χ3v) is 16.9. The Morgan fingerprint density at radius 3 is 0.866 bits per heavy atom. The normalized spacial score (nSPS) is 15.1. The maximum Gasteiger partial charge on any atom is 0.472 e. The summed E-state index contributed by atoms with van der Waals surface area (Å²) in [6, 6.07) is 0. The van der Waals surface area contributed by atoms with Crippen molar-refractivity contribution in [3.8, 4) is 0 Å². The van der Waals surface area contributed by atoms with Crippen LogP contribution in [0.5, 0.6) is 0 Å². The van der Waals surface area contributed by atoms with Crippen molar-refractivity contribution in [1.82, 2.24) is 0 Å². The van der Waals surface area contributed by atoms with Gasteiger partial charge in [0.25, 0.3) is 0 Å². The first-order chi connectivity index (χ1) is 39.2. The number of hydrogen-bond donors (Lipinski definition) is 3. The summed E-state index contributed by atoms with van der Waals surface area (Å²) in [6.45, 7) is 13.9. The summed E-state index contributed by atoms with van der Waals surface area (Å²) in [4.78, 5) is 72.1. The molecule has 82 heavy (non-hydrogen) atoms. The summed E-state index contributed by atoms with van der Waals surface area (Å²) in [5.74, 6) is 0.747. The average molecular weight is 1210 g/mol. The Balaban J connectivity index is 5.25. The number of unbranched alkanes of at least 4 members (excludes halogenated alkanes) is 24. The molecule has 7 atom stereocenters. The minimum Gasteiger partial charge on any atom is -0.462 e. The fourth-order valence-electron chi connectivity index (χ4n) is 9.19. The topological polar surface area (TPSA) is 237 Å². The zero-order valence-electron chi connectivity index (χ0n) is 53.1. The highest BCUT2D eigenvalue weighted by molar-refractivity contribution is 7.47. The third kappa shape index (κ3) is 54.7. The molecule has 0 aliphatic carbocycles. The number of phosphoric ester groups is 2. The first kappa shape index (κ1) is 80.1. The first-order valence-electron chi connectivity index (χ1n) is 32.8. The quantitative estimate of drug-likeness (QED) is 0.0222. The fraction of sp³-hybridized carbons (Fsp3) is 0.937. The van der Waals surface area contributed by atoms with Crippen LogP contribution in [-0.2, 0) is 65.4 Å². The van der Waals surface area contributed by atoms with E-state index in [9.17, 15) is 43.2 Å². The molecule has 486 valence electrons. The molecule has 19 heteroatoms. The van der Waals surface area contributed by atoms with Crippen molar-refractivity contribution in [2.75, 3.05) is 39.6 Å². The van der Waals surface area contributed by atoms with Gasteiger partial charge in [0.1, 0.15) is 19.3 Å². The van der Waals surface area contributed by atoms with Crippen LogP contribution in [0.3, 0.4) is 0 Å². The molecule has 0 bridgehead atoms. The predicted octanol–water partition coefficient (Wildman–Crippen LogP) is 17.0. The average Bonchev–Trinajstić information content (AvgIpc) is 3.45. The van der Waals surface area contributed by atoms with Crippen LogP contribution in [-0.4, -0.2) is 96.7 Å². The van der Waals surface area contributed by atoms with E-state index < -0.39 is 97.5 Å². The molecule has 0 aromatic heterocycles. The number of carbonyl (C=O) groups is 4. The Hall–Kier alpha value is -1.94. The molecule has 0 aliphatic rings. The Morgan fingerprint density at radius 2 is 0.585 bits per heavy atom. The predicted molar refractivity (Wildman–Crippen MR) is 326 cm³/mol. The molecule has 0 aliphatic heterocycles. The van der Waals surface area contributed by atoms with Gasteiger partial charge < -0.3 is 33.8 Å². The molecule has 3 N–H and O–H groups in total. The lowest BCUT2D eigenvalue weighted by atomic mass is 9.99. The van der Waals surface area contributed by atoms with Gasteiger partial charge in [-0.05, 0) is 49.4 Å². The van der Waals surface area contributed by atoms with Crippen LogP contribution in [0.4, 0.5) is 0 Å². The van der Waals surface area contributed by atoms with Crippen molar-refractivity contribution in [3.05, 3.63) is 0 Å². The number of phosphoric acid groups is 2. The van der Waals surface area contributed by atoms with Crippen molar-refractivity contribution in [2.45, 2.75) is 318 Å². The maximum atomic E-state index is 12.9. The van der Waals surface area contributed by atoms with E-state index in [0.717, 1.165) is 108 Å². The van der Waals surface area contributed by atoms with Gasteiger partial charge in [-0.1, -0.05) is 248 Å². The zero-order chi connectivity index (χ0) is 61.1. The van der Waals surface area contributed by atoms with Crippen LogP contribution < -0.4 is 0 Å². The Bertz CT molecular complexity index is 1650. The molecule has 0 spiro atoms. The zero-order valence-corrected chi connectivity index (χ0v) is 54.9. The molecule has 0 saturated heterocycles.